The number of carbonyl (C=O) groups excluding carboxylic acids is 3. The van der Waals surface area contributed by atoms with Crippen LogP contribution < -0.4 is 10.5 Å². The van der Waals surface area contributed by atoms with Crippen molar-refractivity contribution in [1.29, 1.82) is 0 Å². The predicted molar refractivity (Wildman–Crippen MR) is 178 cm³/mol. The molecule has 11 heteroatoms. The minimum absolute atomic E-state index is 0.114. The number of amides is 2. The number of benzene rings is 2. The number of rotatable bonds is 18. The lowest BCUT2D eigenvalue weighted by atomic mass is 10.1. The van der Waals surface area contributed by atoms with Crippen LogP contribution in [-0.4, -0.2) is 45.2 Å². The molecule has 1 N–H and O–H groups in total. The molecule has 1 aromatic heterocycles. The van der Waals surface area contributed by atoms with E-state index in [1.165, 1.54) is 76.8 Å². The number of carboxylic acid groups (broad SMARTS) is 1. The summed E-state index contributed by atoms with van der Waals surface area (Å²) in [7, 11) is 0. The molecule has 4 rings (SSSR count). The zero-order chi connectivity index (χ0) is 33.9. The van der Waals surface area contributed by atoms with Gasteiger partial charge in [-0.05, 0) is 50.1 Å². The second kappa shape index (κ2) is 16.9. The number of cyclic esters (lactones) is 1. The van der Waals surface area contributed by atoms with Gasteiger partial charge in [-0.1, -0.05) is 95.8 Å². The van der Waals surface area contributed by atoms with Crippen molar-refractivity contribution in [3.63, 3.8) is 0 Å². The Kier molecular flexibility index (Phi) is 12.7. The molecule has 1 aliphatic heterocycles. The largest absolute Gasteiger partial charge is 0.480 e. The number of para-hydroxylation sites is 1. The number of unbranched alkanes of at least 4 members (excludes halogenated alkanes) is 11. The number of esters is 1. The number of imide groups is 1. The molecule has 0 radical (unpaired) electrons. The average Bonchev–Trinajstić information content (AvgIpc) is 3.35. The summed E-state index contributed by atoms with van der Waals surface area (Å²) in [5, 5.41) is 9.86. The lowest BCUT2D eigenvalue weighted by molar-refractivity contribution is -0.140. The molecule has 2 atom stereocenters. The predicted octanol–water partition coefficient (Wildman–Crippen LogP) is 7.43. The summed E-state index contributed by atoms with van der Waals surface area (Å²) in [6.07, 6.45) is 11.6. The lowest BCUT2D eigenvalue weighted by Crippen LogP contribution is -2.35. The number of carboxylic acids is 1. The number of anilines is 1. The number of hydrogen-bond donors (Lipinski definition) is 1. The minimum Gasteiger partial charge on any atom is -0.480 e. The normalized spacial score (nSPS) is 15.2. The molecule has 2 amide bonds. The maximum absolute atomic E-state index is 13.7. The van der Waals surface area contributed by atoms with E-state index in [-0.39, 0.29) is 34.6 Å². The standard InChI is InChI=1S/C36H45N3O8/c1-4-5-6-7-8-9-10-11-12-13-14-17-22-46-35(44)26-21-20-24(2)29(23-26)39-33(41)30(47-36(39)45)31-37-28-19-16-15-18-27(28)32(40)38(31)25(3)34(42)43/h15-16,18-21,23,25,30H,4-14,17,22H2,1-3H3,(H,42,43). The second-order valence-corrected chi connectivity index (χ2v) is 12.1. The van der Waals surface area contributed by atoms with Crippen molar-refractivity contribution in [1.82, 2.24) is 9.55 Å². The van der Waals surface area contributed by atoms with Gasteiger partial charge in [0.2, 0.25) is 6.10 Å². The van der Waals surface area contributed by atoms with Gasteiger partial charge in [0.25, 0.3) is 11.5 Å². The summed E-state index contributed by atoms with van der Waals surface area (Å²) in [6.45, 7) is 5.44. The number of hydrogen-bond acceptors (Lipinski definition) is 8. The van der Waals surface area contributed by atoms with E-state index in [1.807, 2.05) is 0 Å². The van der Waals surface area contributed by atoms with Crippen LogP contribution in [0.1, 0.15) is 125 Å². The third-order valence-electron chi connectivity index (χ3n) is 8.58. The zero-order valence-corrected chi connectivity index (χ0v) is 27.5. The fourth-order valence-corrected chi connectivity index (χ4v) is 5.79. The summed E-state index contributed by atoms with van der Waals surface area (Å²) in [4.78, 5) is 70.1. The van der Waals surface area contributed by atoms with Crippen LogP contribution in [-0.2, 0) is 19.1 Å². The number of fused-ring (bicyclic) bond motifs is 1. The van der Waals surface area contributed by atoms with Gasteiger partial charge < -0.3 is 14.6 Å². The van der Waals surface area contributed by atoms with Crippen LogP contribution in [0.4, 0.5) is 10.5 Å². The fraction of sp³-hybridized carbons (Fsp3) is 0.500. The van der Waals surface area contributed by atoms with Gasteiger partial charge >= 0.3 is 18.0 Å². The zero-order valence-electron chi connectivity index (χ0n) is 27.5. The molecular weight excluding hydrogens is 602 g/mol. The second-order valence-electron chi connectivity index (χ2n) is 12.1. The molecule has 1 fully saturated rings. The van der Waals surface area contributed by atoms with E-state index >= 15 is 0 Å². The van der Waals surface area contributed by atoms with Crippen molar-refractivity contribution in [2.24, 2.45) is 0 Å². The molecule has 2 aromatic carbocycles. The molecule has 0 aliphatic carbocycles. The smallest absolute Gasteiger partial charge is 0.422 e. The molecule has 1 saturated heterocycles. The Hall–Kier alpha value is -4.54. The van der Waals surface area contributed by atoms with Crippen molar-refractivity contribution in [2.45, 2.75) is 110 Å². The molecule has 252 valence electrons. The Morgan fingerprint density at radius 2 is 1.53 bits per heavy atom. The SMILES string of the molecule is CCCCCCCCCCCCCCOC(=O)c1ccc(C)c(N2C(=O)OC(c3nc4ccccc4c(=O)n3C(C)C(=O)O)C2=O)c1. The third-order valence-corrected chi connectivity index (χ3v) is 8.58. The van der Waals surface area contributed by atoms with E-state index in [4.69, 9.17) is 9.47 Å². The molecule has 47 heavy (non-hydrogen) atoms. The molecule has 2 heterocycles. The topological polar surface area (TPSA) is 145 Å². The molecule has 1 aliphatic rings. The maximum Gasteiger partial charge on any atom is 0.422 e. The van der Waals surface area contributed by atoms with Crippen molar-refractivity contribution < 1.29 is 33.8 Å². The first-order chi connectivity index (χ1) is 22.6. The monoisotopic (exact) mass is 647 g/mol. The van der Waals surface area contributed by atoms with Crippen molar-refractivity contribution >= 4 is 40.5 Å². The molecule has 0 saturated carbocycles. The Morgan fingerprint density at radius 3 is 2.17 bits per heavy atom. The van der Waals surface area contributed by atoms with Crippen LogP contribution in [0.15, 0.2) is 47.3 Å². The van der Waals surface area contributed by atoms with Crippen LogP contribution in [0.5, 0.6) is 0 Å². The number of aromatic nitrogens is 2. The Labute approximate surface area is 274 Å². The van der Waals surface area contributed by atoms with Crippen molar-refractivity contribution in [3.05, 3.63) is 69.8 Å². The third kappa shape index (κ3) is 8.64. The number of aryl methyl sites for hydroxylation is 1. The highest BCUT2D eigenvalue weighted by Gasteiger charge is 2.46. The van der Waals surface area contributed by atoms with Crippen molar-refractivity contribution in [2.75, 3.05) is 11.5 Å². The van der Waals surface area contributed by atoms with Gasteiger partial charge in [-0.3, -0.25) is 14.2 Å². The van der Waals surface area contributed by atoms with Crippen LogP contribution in [0, 0.1) is 6.92 Å². The van der Waals surface area contributed by atoms with Gasteiger partial charge in [0, 0.05) is 0 Å². The quantitative estimate of drug-likeness (QED) is 0.110. The molecule has 3 aromatic rings. The van der Waals surface area contributed by atoms with Gasteiger partial charge in [-0.2, -0.15) is 0 Å². The molecular formula is C36H45N3O8. The average molecular weight is 648 g/mol. The van der Waals surface area contributed by atoms with Crippen LogP contribution in [0.25, 0.3) is 10.9 Å². The summed E-state index contributed by atoms with van der Waals surface area (Å²) in [5.74, 6) is -3.08. The van der Waals surface area contributed by atoms with Crippen molar-refractivity contribution in [3.8, 4) is 0 Å². The Morgan fingerprint density at radius 1 is 0.915 bits per heavy atom. The lowest BCUT2D eigenvalue weighted by Gasteiger charge is -2.19. The summed E-state index contributed by atoms with van der Waals surface area (Å²) in [6, 6.07) is 9.45. The van der Waals surface area contributed by atoms with Crippen LogP contribution in [0.2, 0.25) is 0 Å². The van der Waals surface area contributed by atoms with Gasteiger partial charge in [0.15, 0.2) is 5.82 Å². The first-order valence-electron chi connectivity index (χ1n) is 16.7. The van der Waals surface area contributed by atoms with E-state index in [0.29, 0.717) is 5.56 Å². The van der Waals surface area contributed by atoms with Gasteiger partial charge in [0.1, 0.15) is 6.04 Å². The summed E-state index contributed by atoms with van der Waals surface area (Å²) >= 11 is 0. The molecule has 11 nitrogen and oxygen atoms in total. The van der Waals surface area contributed by atoms with E-state index in [2.05, 4.69) is 11.9 Å². The van der Waals surface area contributed by atoms with Gasteiger partial charge in [-0.15, -0.1) is 0 Å². The summed E-state index contributed by atoms with van der Waals surface area (Å²) < 4.78 is 11.8. The molecule has 0 spiro atoms. The highest BCUT2D eigenvalue weighted by molar-refractivity contribution is 6.19. The Bertz CT molecular complexity index is 1650. The molecule has 2 unspecified atom stereocenters. The molecule has 0 bridgehead atoms. The van der Waals surface area contributed by atoms with Crippen LogP contribution >= 0.6 is 0 Å². The van der Waals surface area contributed by atoms with Gasteiger partial charge in [-0.25, -0.2) is 24.3 Å². The van der Waals surface area contributed by atoms with E-state index in [0.717, 1.165) is 28.7 Å². The first-order valence-corrected chi connectivity index (χ1v) is 16.7. The van der Waals surface area contributed by atoms with E-state index in [1.54, 1.807) is 37.3 Å². The maximum atomic E-state index is 13.7. The van der Waals surface area contributed by atoms with E-state index < -0.39 is 41.6 Å². The first kappa shape index (κ1) is 35.3. The number of carbonyl (C=O) groups is 4. The van der Waals surface area contributed by atoms with E-state index in [9.17, 15) is 29.1 Å². The minimum atomic E-state index is -1.68. The fourth-order valence-electron chi connectivity index (χ4n) is 5.79. The van der Waals surface area contributed by atoms with Crippen LogP contribution in [0.3, 0.4) is 0 Å². The highest BCUT2D eigenvalue weighted by Crippen LogP contribution is 2.34. The highest BCUT2D eigenvalue weighted by atomic mass is 16.6. The number of ether oxygens (including phenoxy) is 2. The summed E-state index contributed by atoms with van der Waals surface area (Å²) in [5.41, 5.74) is 0.322. The Balaban J connectivity index is 1.38. The number of nitrogens with zero attached hydrogens (tertiary/aromatic N) is 3. The number of aliphatic carboxylic acids is 1. The van der Waals surface area contributed by atoms with Gasteiger partial charge in [0.05, 0.1) is 28.8 Å².